The lowest BCUT2D eigenvalue weighted by Crippen LogP contribution is -2.00. The number of pyridine rings is 1. The summed E-state index contributed by atoms with van der Waals surface area (Å²) in [4.78, 5) is 9.08. The fourth-order valence-electron chi connectivity index (χ4n) is 2.94. The van der Waals surface area contributed by atoms with E-state index < -0.39 is 0 Å². The molecule has 122 valence electrons. The Hall–Kier alpha value is -2.14. The molecule has 0 bridgehead atoms. The van der Waals surface area contributed by atoms with E-state index in [2.05, 4.69) is 23.0 Å². The maximum Gasteiger partial charge on any atom is 0.195 e. The van der Waals surface area contributed by atoms with Gasteiger partial charge in [0.15, 0.2) is 22.8 Å². The van der Waals surface area contributed by atoms with Crippen LogP contribution in [0.5, 0.6) is 0 Å². The molecule has 2 heterocycles. The Balaban J connectivity index is 2.12. The standard InChI is InChI=1S/C18H24N4O/c1-2-3-10-14-22-16-17(23-14)15-12(7-4-5-11-19)8-6-9-13(15)21-18(16)20/h6,8-9H,2-5,7,10-11,19H2,1H3,(H2,20,21). The Morgan fingerprint density at radius 2 is 1.96 bits per heavy atom. The lowest BCUT2D eigenvalue weighted by molar-refractivity contribution is 0.519. The largest absolute Gasteiger partial charge is 0.440 e. The van der Waals surface area contributed by atoms with Crippen molar-refractivity contribution in [3.63, 3.8) is 0 Å². The molecule has 0 fully saturated rings. The number of oxazole rings is 1. The first-order valence-corrected chi connectivity index (χ1v) is 8.41. The van der Waals surface area contributed by atoms with E-state index in [1.807, 2.05) is 12.1 Å². The lowest BCUT2D eigenvalue weighted by atomic mass is 10.0. The van der Waals surface area contributed by atoms with E-state index in [1.165, 1.54) is 5.56 Å². The van der Waals surface area contributed by atoms with Gasteiger partial charge in [0.2, 0.25) is 0 Å². The molecule has 0 aliphatic carbocycles. The number of anilines is 1. The molecule has 2 aromatic heterocycles. The molecule has 5 heteroatoms. The van der Waals surface area contributed by atoms with E-state index in [4.69, 9.17) is 15.9 Å². The highest BCUT2D eigenvalue weighted by Crippen LogP contribution is 2.31. The SMILES string of the molecule is CCCCc1nc2c(N)nc3cccc(CCCCN)c3c2o1. The molecule has 3 aromatic rings. The quantitative estimate of drug-likeness (QED) is 0.651. The summed E-state index contributed by atoms with van der Waals surface area (Å²) >= 11 is 0. The minimum Gasteiger partial charge on any atom is -0.440 e. The second kappa shape index (κ2) is 6.96. The molecule has 4 N–H and O–H groups in total. The van der Waals surface area contributed by atoms with E-state index >= 15 is 0 Å². The van der Waals surface area contributed by atoms with Crippen LogP contribution in [0.25, 0.3) is 22.0 Å². The molecule has 5 nitrogen and oxygen atoms in total. The summed E-state index contributed by atoms with van der Waals surface area (Å²) in [6.45, 7) is 2.87. The van der Waals surface area contributed by atoms with Crippen molar-refractivity contribution in [1.29, 1.82) is 0 Å². The van der Waals surface area contributed by atoms with Gasteiger partial charge in [-0.05, 0) is 43.9 Å². The number of aromatic nitrogens is 2. The molecule has 0 saturated carbocycles. The smallest absolute Gasteiger partial charge is 0.195 e. The van der Waals surface area contributed by atoms with Gasteiger partial charge < -0.3 is 15.9 Å². The molecule has 0 radical (unpaired) electrons. The van der Waals surface area contributed by atoms with Gasteiger partial charge in [0.1, 0.15) is 0 Å². The summed E-state index contributed by atoms with van der Waals surface area (Å²) in [5, 5.41) is 1.05. The minimum atomic E-state index is 0.443. The van der Waals surface area contributed by atoms with Crippen LogP contribution in [0, 0.1) is 0 Å². The zero-order valence-electron chi connectivity index (χ0n) is 13.6. The summed E-state index contributed by atoms with van der Waals surface area (Å²) in [7, 11) is 0. The number of aryl methyl sites for hydroxylation is 2. The number of rotatable bonds is 7. The van der Waals surface area contributed by atoms with Gasteiger partial charge >= 0.3 is 0 Å². The van der Waals surface area contributed by atoms with Crippen LogP contribution in [0.4, 0.5) is 5.82 Å². The molecule has 0 atom stereocenters. The van der Waals surface area contributed by atoms with Crippen molar-refractivity contribution in [2.75, 3.05) is 12.3 Å². The van der Waals surface area contributed by atoms with Gasteiger partial charge in [0.25, 0.3) is 0 Å². The van der Waals surface area contributed by atoms with Crippen LogP contribution in [-0.2, 0) is 12.8 Å². The predicted octanol–water partition coefficient (Wildman–Crippen LogP) is 3.58. The Labute approximate surface area is 136 Å². The van der Waals surface area contributed by atoms with E-state index in [-0.39, 0.29) is 0 Å². The van der Waals surface area contributed by atoms with Crippen LogP contribution >= 0.6 is 0 Å². The number of nitrogens with two attached hydrogens (primary N) is 2. The van der Waals surface area contributed by atoms with Gasteiger partial charge in [0.05, 0.1) is 5.52 Å². The molecule has 1 aromatic carbocycles. The average molecular weight is 312 g/mol. The molecule has 0 amide bonds. The molecule has 0 aliphatic heterocycles. The highest BCUT2D eigenvalue weighted by molar-refractivity contribution is 6.06. The number of benzene rings is 1. The number of nitrogens with zero attached hydrogens (tertiary/aromatic N) is 2. The number of hydrogen-bond donors (Lipinski definition) is 2. The topological polar surface area (TPSA) is 91.0 Å². The Morgan fingerprint density at radius 3 is 2.74 bits per heavy atom. The van der Waals surface area contributed by atoms with Crippen molar-refractivity contribution in [3.05, 3.63) is 29.7 Å². The molecule has 0 spiro atoms. The van der Waals surface area contributed by atoms with Crippen LogP contribution in [0.1, 0.15) is 44.1 Å². The normalized spacial score (nSPS) is 11.6. The van der Waals surface area contributed by atoms with Crippen LogP contribution in [0.2, 0.25) is 0 Å². The highest BCUT2D eigenvalue weighted by Gasteiger charge is 2.16. The third-order valence-corrected chi connectivity index (χ3v) is 4.16. The van der Waals surface area contributed by atoms with Crippen LogP contribution < -0.4 is 11.5 Å². The Morgan fingerprint density at radius 1 is 1.09 bits per heavy atom. The zero-order chi connectivity index (χ0) is 16.2. The van der Waals surface area contributed by atoms with Gasteiger partial charge in [-0.3, -0.25) is 0 Å². The summed E-state index contributed by atoms with van der Waals surface area (Å²) < 4.78 is 6.06. The zero-order valence-corrected chi connectivity index (χ0v) is 13.6. The first-order chi connectivity index (χ1) is 11.2. The summed E-state index contributed by atoms with van der Waals surface area (Å²) in [5.41, 5.74) is 15.3. The maximum absolute atomic E-state index is 6.09. The Bertz CT molecular complexity index is 809. The lowest BCUT2D eigenvalue weighted by Gasteiger charge is -2.07. The Kier molecular flexibility index (Phi) is 4.76. The summed E-state index contributed by atoms with van der Waals surface area (Å²) in [6.07, 6.45) is 6.03. The van der Waals surface area contributed by atoms with Gasteiger partial charge in [-0.15, -0.1) is 0 Å². The van der Waals surface area contributed by atoms with Gasteiger partial charge in [-0.25, -0.2) is 9.97 Å². The minimum absolute atomic E-state index is 0.443. The van der Waals surface area contributed by atoms with Crippen molar-refractivity contribution >= 4 is 27.8 Å². The summed E-state index contributed by atoms with van der Waals surface area (Å²) in [6, 6.07) is 6.13. The average Bonchev–Trinajstić information content (AvgIpc) is 2.98. The monoisotopic (exact) mass is 312 g/mol. The van der Waals surface area contributed by atoms with E-state index in [0.29, 0.717) is 11.3 Å². The van der Waals surface area contributed by atoms with E-state index in [0.717, 1.165) is 67.4 Å². The van der Waals surface area contributed by atoms with Gasteiger partial charge in [-0.1, -0.05) is 25.5 Å². The van der Waals surface area contributed by atoms with Crippen molar-refractivity contribution in [3.8, 4) is 0 Å². The fourth-order valence-corrected chi connectivity index (χ4v) is 2.94. The number of fused-ring (bicyclic) bond motifs is 3. The predicted molar refractivity (Wildman–Crippen MR) is 94.3 cm³/mol. The summed E-state index contributed by atoms with van der Waals surface area (Å²) in [5.74, 6) is 1.19. The molecule has 0 unspecified atom stereocenters. The van der Waals surface area contributed by atoms with E-state index in [9.17, 15) is 0 Å². The first-order valence-electron chi connectivity index (χ1n) is 8.41. The fraction of sp³-hybridized carbons (Fsp3) is 0.444. The van der Waals surface area contributed by atoms with Crippen molar-refractivity contribution in [2.24, 2.45) is 5.73 Å². The van der Waals surface area contributed by atoms with Gasteiger partial charge in [0, 0.05) is 11.8 Å². The van der Waals surface area contributed by atoms with Gasteiger partial charge in [-0.2, -0.15) is 0 Å². The van der Waals surface area contributed by atoms with E-state index in [1.54, 1.807) is 0 Å². The number of unbranched alkanes of at least 4 members (excludes halogenated alkanes) is 2. The molecule has 23 heavy (non-hydrogen) atoms. The molecular formula is C18H24N4O. The molecule has 3 rings (SSSR count). The van der Waals surface area contributed by atoms with Crippen molar-refractivity contribution in [2.45, 2.75) is 45.4 Å². The third-order valence-electron chi connectivity index (χ3n) is 4.16. The number of nitrogen functional groups attached to an aromatic ring is 1. The van der Waals surface area contributed by atoms with Crippen LogP contribution in [-0.4, -0.2) is 16.5 Å². The second-order valence-electron chi connectivity index (χ2n) is 5.94. The second-order valence-corrected chi connectivity index (χ2v) is 5.94. The highest BCUT2D eigenvalue weighted by atomic mass is 16.3. The molecule has 0 saturated heterocycles. The molecule has 0 aliphatic rings. The van der Waals surface area contributed by atoms with Crippen molar-refractivity contribution in [1.82, 2.24) is 9.97 Å². The maximum atomic E-state index is 6.09. The third kappa shape index (κ3) is 3.15. The van der Waals surface area contributed by atoms with Crippen LogP contribution in [0.3, 0.4) is 0 Å². The first kappa shape index (κ1) is 15.7. The molecular weight excluding hydrogens is 288 g/mol. The number of hydrogen-bond acceptors (Lipinski definition) is 5. The van der Waals surface area contributed by atoms with Crippen molar-refractivity contribution < 1.29 is 4.42 Å². The van der Waals surface area contributed by atoms with Crippen LogP contribution in [0.15, 0.2) is 22.6 Å².